The molecule has 2 aliphatic heterocycles. The van der Waals surface area contributed by atoms with Crippen LogP contribution in [0.4, 0.5) is 4.39 Å². The molecule has 1 aromatic rings. The van der Waals surface area contributed by atoms with Crippen LogP contribution in [0.3, 0.4) is 0 Å². The number of halogens is 1. The van der Waals surface area contributed by atoms with E-state index >= 15 is 0 Å². The maximum atomic E-state index is 13.4. The number of rotatable bonds is 1. The fourth-order valence-corrected chi connectivity index (χ4v) is 4.20. The zero-order valence-electron chi connectivity index (χ0n) is 10.3. The second-order valence-corrected chi connectivity index (χ2v) is 6.12. The third kappa shape index (κ3) is 2.29. The van der Waals surface area contributed by atoms with E-state index in [1.807, 2.05) is 17.8 Å². The van der Waals surface area contributed by atoms with Crippen molar-refractivity contribution in [3.63, 3.8) is 0 Å². The molecule has 2 fully saturated rings. The zero-order valence-corrected chi connectivity index (χ0v) is 11.1. The van der Waals surface area contributed by atoms with Gasteiger partial charge in [-0.3, -0.25) is 0 Å². The minimum atomic E-state index is -0.168. The first-order valence-electron chi connectivity index (χ1n) is 6.51. The summed E-state index contributed by atoms with van der Waals surface area (Å²) in [4.78, 5) is 0. The quantitative estimate of drug-likeness (QED) is 0.845. The molecule has 98 valence electrons. The molecule has 0 amide bonds. The highest BCUT2D eigenvalue weighted by molar-refractivity contribution is 7.99. The van der Waals surface area contributed by atoms with Crippen molar-refractivity contribution in [2.45, 2.75) is 24.5 Å². The number of hydrogen-bond donors (Lipinski definition) is 1. The molecule has 2 aliphatic rings. The van der Waals surface area contributed by atoms with E-state index in [2.05, 4.69) is 5.32 Å². The van der Waals surface area contributed by atoms with Gasteiger partial charge in [-0.1, -0.05) is 12.1 Å². The predicted molar refractivity (Wildman–Crippen MR) is 72.4 cm³/mol. The summed E-state index contributed by atoms with van der Waals surface area (Å²) in [5, 5.41) is 3.52. The van der Waals surface area contributed by atoms with Gasteiger partial charge in [-0.25, -0.2) is 4.39 Å². The first kappa shape index (κ1) is 12.5. The summed E-state index contributed by atoms with van der Waals surface area (Å²) in [6.45, 7) is 1.60. The van der Waals surface area contributed by atoms with Gasteiger partial charge in [-0.15, -0.1) is 0 Å². The molecule has 0 bridgehead atoms. The van der Waals surface area contributed by atoms with E-state index in [9.17, 15) is 4.39 Å². The van der Waals surface area contributed by atoms with Crippen molar-refractivity contribution in [2.24, 2.45) is 0 Å². The van der Waals surface area contributed by atoms with E-state index in [1.165, 1.54) is 18.2 Å². The number of benzene rings is 1. The van der Waals surface area contributed by atoms with Gasteiger partial charge in [0.15, 0.2) is 0 Å². The first-order chi connectivity index (χ1) is 8.80. The highest BCUT2D eigenvalue weighted by Crippen LogP contribution is 2.41. The lowest BCUT2D eigenvalue weighted by molar-refractivity contribution is -0.0888. The van der Waals surface area contributed by atoms with E-state index in [1.54, 1.807) is 12.1 Å². The van der Waals surface area contributed by atoms with E-state index in [-0.39, 0.29) is 17.5 Å². The zero-order chi connectivity index (χ0) is 12.4. The summed E-state index contributed by atoms with van der Waals surface area (Å²) in [7, 11) is 0. The Kier molecular flexibility index (Phi) is 3.59. The van der Waals surface area contributed by atoms with Crippen molar-refractivity contribution in [1.82, 2.24) is 5.32 Å². The van der Waals surface area contributed by atoms with Crippen LogP contribution in [0.1, 0.15) is 24.4 Å². The van der Waals surface area contributed by atoms with E-state index in [4.69, 9.17) is 4.74 Å². The molecule has 0 radical (unpaired) electrons. The molecule has 18 heavy (non-hydrogen) atoms. The molecule has 4 heteroatoms. The van der Waals surface area contributed by atoms with E-state index in [0.29, 0.717) is 0 Å². The lowest BCUT2D eigenvalue weighted by atomic mass is 9.84. The lowest BCUT2D eigenvalue weighted by Crippen LogP contribution is -2.55. The average Bonchev–Trinajstić information content (AvgIpc) is 2.40. The number of morpholine rings is 1. The molecule has 1 spiro atoms. The van der Waals surface area contributed by atoms with E-state index in [0.717, 1.165) is 30.9 Å². The lowest BCUT2D eigenvalue weighted by Gasteiger charge is -2.46. The Morgan fingerprint density at radius 3 is 3.17 bits per heavy atom. The molecule has 3 rings (SSSR count). The van der Waals surface area contributed by atoms with Crippen LogP contribution in [0.2, 0.25) is 0 Å². The van der Waals surface area contributed by atoms with Crippen LogP contribution in [0.15, 0.2) is 24.3 Å². The predicted octanol–water partition coefficient (Wildman–Crippen LogP) is 2.75. The molecule has 2 heterocycles. The molecule has 2 atom stereocenters. The monoisotopic (exact) mass is 267 g/mol. The van der Waals surface area contributed by atoms with Gasteiger partial charge in [0.1, 0.15) is 5.82 Å². The number of ether oxygens (including phenoxy) is 1. The van der Waals surface area contributed by atoms with Crippen molar-refractivity contribution in [2.75, 3.05) is 24.7 Å². The smallest absolute Gasteiger partial charge is 0.123 e. The van der Waals surface area contributed by atoms with Gasteiger partial charge in [-0.05, 0) is 36.3 Å². The van der Waals surface area contributed by atoms with Crippen LogP contribution in [0.5, 0.6) is 0 Å². The Balaban J connectivity index is 1.91. The fourth-order valence-electron chi connectivity index (χ4n) is 2.97. The SMILES string of the molecule is Fc1cccc(C2NCCOC23CCCSC3)c1. The Morgan fingerprint density at radius 2 is 2.39 bits per heavy atom. The summed E-state index contributed by atoms with van der Waals surface area (Å²) in [6.07, 6.45) is 2.24. The van der Waals surface area contributed by atoms with Crippen LogP contribution in [0.25, 0.3) is 0 Å². The van der Waals surface area contributed by atoms with Gasteiger partial charge in [0.2, 0.25) is 0 Å². The summed E-state index contributed by atoms with van der Waals surface area (Å²) in [6, 6.07) is 7.03. The second-order valence-electron chi connectivity index (χ2n) is 5.01. The van der Waals surface area contributed by atoms with Gasteiger partial charge >= 0.3 is 0 Å². The van der Waals surface area contributed by atoms with Crippen molar-refractivity contribution in [1.29, 1.82) is 0 Å². The molecule has 2 saturated heterocycles. The molecular weight excluding hydrogens is 249 g/mol. The summed E-state index contributed by atoms with van der Waals surface area (Å²) >= 11 is 1.94. The minimum absolute atomic E-state index is 0.120. The van der Waals surface area contributed by atoms with Crippen molar-refractivity contribution < 1.29 is 9.13 Å². The fraction of sp³-hybridized carbons (Fsp3) is 0.571. The second kappa shape index (κ2) is 5.19. The van der Waals surface area contributed by atoms with Crippen LogP contribution in [-0.4, -0.2) is 30.3 Å². The van der Waals surface area contributed by atoms with Crippen molar-refractivity contribution in [3.05, 3.63) is 35.6 Å². The number of hydrogen-bond acceptors (Lipinski definition) is 3. The van der Waals surface area contributed by atoms with Crippen LogP contribution < -0.4 is 5.32 Å². The highest BCUT2D eigenvalue weighted by Gasteiger charge is 2.44. The normalized spacial score (nSPS) is 32.6. The third-order valence-corrected chi connectivity index (χ3v) is 5.05. The minimum Gasteiger partial charge on any atom is -0.371 e. The van der Waals surface area contributed by atoms with Crippen molar-refractivity contribution >= 4 is 11.8 Å². The van der Waals surface area contributed by atoms with Crippen LogP contribution in [-0.2, 0) is 4.74 Å². The van der Waals surface area contributed by atoms with Crippen molar-refractivity contribution in [3.8, 4) is 0 Å². The largest absolute Gasteiger partial charge is 0.371 e. The Morgan fingerprint density at radius 1 is 1.44 bits per heavy atom. The van der Waals surface area contributed by atoms with Crippen LogP contribution >= 0.6 is 11.8 Å². The summed E-state index contributed by atoms with van der Waals surface area (Å²) < 4.78 is 19.5. The molecule has 2 nitrogen and oxygen atoms in total. The molecular formula is C14H18FNOS. The molecule has 1 N–H and O–H groups in total. The molecule has 0 aliphatic carbocycles. The van der Waals surface area contributed by atoms with Gasteiger partial charge in [0, 0.05) is 12.3 Å². The molecule has 1 aromatic carbocycles. The van der Waals surface area contributed by atoms with Gasteiger partial charge in [0.05, 0.1) is 18.2 Å². The molecule has 2 unspecified atom stereocenters. The molecule has 0 aromatic heterocycles. The summed E-state index contributed by atoms with van der Waals surface area (Å²) in [5.74, 6) is 2.04. The van der Waals surface area contributed by atoms with E-state index < -0.39 is 0 Å². The maximum absolute atomic E-state index is 13.4. The first-order valence-corrected chi connectivity index (χ1v) is 7.66. The Hall–Kier alpha value is -0.580. The van der Waals surface area contributed by atoms with Gasteiger partial charge < -0.3 is 10.1 Å². The number of nitrogens with one attached hydrogen (secondary N) is 1. The maximum Gasteiger partial charge on any atom is 0.123 e. The average molecular weight is 267 g/mol. The van der Waals surface area contributed by atoms with Crippen LogP contribution in [0, 0.1) is 5.82 Å². The molecule has 0 saturated carbocycles. The Bertz CT molecular complexity index is 412. The Labute approximate surface area is 111 Å². The number of thioether (sulfide) groups is 1. The highest BCUT2D eigenvalue weighted by atomic mass is 32.2. The standard InChI is InChI=1S/C14H18FNOS/c15-12-4-1-3-11(9-12)13-14(17-7-6-16-13)5-2-8-18-10-14/h1,3-4,9,13,16H,2,5-8,10H2. The third-order valence-electron chi connectivity index (χ3n) is 3.78. The topological polar surface area (TPSA) is 21.3 Å². The van der Waals surface area contributed by atoms with Gasteiger partial charge in [0.25, 0.3) is 0 Å². The summed E-state index contributed by atoms with van der Waals surface area (Å²) in [5.41, 5.74) is 0.867. The van der Waals surface area contributed by atoms with Gasteiger partial charge in [-0.2, -0.15) is 11.8 Å².